The summed E-state index contributed by atoms with van der Waals surface area (Å²) in [5.74, 6) is 0.0907. The maximum absolute atomic E-state index is 13.2. The Labute approximate surface area is 149 Å². The minimum absolute atomic E-state index is 0.0826. The lowest BCUT2D eigenvalue weighted by Gasteiger charge is -2.23. The minimum Gasteiger partial charge on any atom is -0.328 e. The van der Waals surface area contributed by atoms with E-state index in [2.05, 4.69) is 6.07 Å². The fourth-order valence-electron chi connectivity index (χ4n) is 3.68. The molecule has 0 bridgehead atoms. The van der Waals surface area contributed by atoms with Gasteiger partial charge in [-0.25, -0.2) is 4.98 Å². The van der Waals surface area contributed by atoms with E-state index >= 15 is 0 Å². The number of thiazole rings is 1. The van der Waals surface area contributed by atoms with Crippen molar-refractivity contribution in [2.24, 2.45) is 0 Å². The number of nitrogens with zero attached hydrogens (tertiary/aromatic N) is 3. The average Bonchev–Trinajstić information content (AvgIpc) is 3.37. The maximum atomic E-state index is 13.2. The molecule has 0 spiro atoms. The summed E-state index contributed by atoms with van der Waals surface area (Å²) in [5, 5.41) is 1.05. The van der Waals surface area contributed by atoms with E-state index in [-0.39, 0.29) is 11.9 Å². The number of aromatic nitrogens is 2. The zero-order valence-corrected chi connectivity index (χ0v) is 14.4. The van der Waals surface area contributed by atoms with Crippen LogP contribution >= 0.6 is 11.3 Å². The fraction of sp³-hybridized carbons (Fsp3) is 0.200. The normalized spacial score (nSPS) is 17.6. The highest BCUT2D eigenvalue weighted by atomic mass is 32.1. The lowest BCUT2D eigenvalue weighted by molar-refractivity contribution is 0.0728. The first-order valence-corrected chi connectivity index (χ1v) is 9.35. The van der Waals surface area contributed by atoms with Crippen molar-refractivity contribution in [2.75, 3.05) is 6.54 Å². The molecule has 4 nitrogen and oxygen atoms in total. The van der Waals surface area contributed by atoms with Gasteiger partial charge in [0.05, 0.1) is 16.3 Å². The van der Waals surface area contributed by atoms with Gasteiger partial charge < -0.3 is 9.30 Å². The quantitative estimate of drug-likeness (QED) is 0.534. The highest BCUT2D eigenvalue weighted by Gasteiger charge is 2.33. The van der Waals surface area contributed by atoms with E-state index in [0.29, 0.717) is 0 Å². The Morgan fingerprint density at radius 1 is 1.08 bits per heavy atom. The predicted molar refractivity (Wildman–Crippen MR) is 100 cm³/mol. The van der Waals surface area contributed by atoms with Crippen LogP contribution in [0.1, 0.15) is 34.4 Å². The molecule has 3 aromatic heterocycles. The van der Waals surface area contributed by atoms with Crippen molar-refractivity contribution >= 4 is 33.0 Å². The smallest absolute Gasteiger partial charge is 0.271 e. The van der Waals surface area contributed by atoms with Gasteiger partial charge >= 0.3 is 0 Å². The number of pyridine rings is 1. The molecule has 25 heavy (non-hydrogen) atoms. The van der Waals surface area contributed by atoms with Crippen molar-refractivity contribution in [2.45, 2.75) is 18.9 Å². The topological polar surface area (TPSA) is 37.6 Å². The van der Waals surface area contributed by atoms with E-state index in [0.717, 1.165) is 41.1 Å². The van der Waals surface area contributed by atoms with Gasteiger partial charge in [0, 0.05) is 18.3 Å². The molecule has 1 aliphatic rings. The zero-order chi connectivity index (χ0) is 16.8. The molecule has 4 heterocycles. The van der Waals surface area contributed by atoms with Gasteiger partial charge in [0.25, 0.3) is 5.91 Å². The van der Waals surface area contributed by atoms with Gasteiger partial charge in [0.15, 0.2) is 0 Å². The van der Waals surface area contributed by atoms with Gasteiger partial charge in [-0.1, -0.05) is 18.2 Å². The number of carbonyl (C=O) groups excluding carboxylic acids is 1. The van der Waals surface area contributed by atoms with Crippen LogP contribution in [0.2, 0.25) is 0 Å². The Morgan fingerprint density at radius 3 is 2.88 bits per heavy atom. The van der Waals surface area contributed by atoms with Crippen LogP contribution in [0, 0.1) is 0 Å². The Hall–Kier alpha value is -2.66. The molecule has 124 valence electrons. The highest BCUT2D eigenvalue weighted by molar-refractivity contribution is 7.18. The summed E-state index contributed by atoms with van der Waals surface area (Å²) in [6.45, 7) is 0.791. The number of hydrogen-bond donors (Lipinski definition) is 0. The fourth-order valence-corrected chi connectivity index (χ4v) is 4.79. The van der Waals surface area contributed by atoms with Gasteiger partial charge in [-0.05, 0) is 49.2 Å². The molecule has 4 aromatic rings. The molecule has 0 N–H and O–H groups in total. The molecule has 1 saturated heterocycles. The summed E-state index contributed by atoms with van der Waals surface area (Å²) in [5.41, 5.74) is 2.79. The summed E-state index contributed by atoms with van der Waals surface area (Å²) < 4.78 is 3.15. The first-order chi connectivity index (χ1) is 12.3. The number of para-hydroxylation sites is 1. The highest BCUT2D eigenvalue weighted by Crippen LogP contribution is 2.37. The van der Waals surface area contributed by atoms with E-state index < -0.39 is 0 Å². The molecule has 0 radical (unpaired) electrons. The van der Waals surface area contributed by atoms with Crippen molar-refractivity contribution in [3.8, 4) is 0 Å². The van der Waals surface area contributed by atoms with Gasteiger partial charge in [-0.2, -0.15) is 0 Å². The molecule has 0 aliphatic carbocycles. The van der Waals surface area contributed by atoms with E-state index in [4.69, 9.17) is 4.98 Å². The van der Waals surface area contributed by atoms with Crippen LogP contribution in [0.25, 0.3) is 15.7 Å². The van der Waals surface area contributed by atoms with Gasteiger partial charge in [-0.3, -0.25) is 4.79 Å². The molecular weight excluding hydrogens is 330 g/mol. The number of benzene rings is 1. The Balaban J connectivity index is 1.53. The third kappa shape index (κ3) is 2.35. The molecule has 0 saturated carbocycles. The Bertz CT molecular complexity index is 1050. The van der Waals surface area contributed by atoms with Crippen LogP contribution < -0.4 is 0 Å². The number of amides is 1. The van der Waals surface area contributed by atoms with Crippen LogP contribution in [0.5, 0.6) is 0 Å². The summed E-state index contributed by atoms with van der Waals surface area (Å²) in [6.07, 6.45) is 3.95. The van der Waals surface area contributed by atoms with Crippen LogP contribution in [0.15, 0.2) is 60.8 Å². The summed E-state index contributed by atoms with van der Waals surface area (Å²) in [4.78, 5) is 20.0. The zero-order valence-electron chi connectivity index (χ0n) is 13.6. The number of rotatable bonds is 2. The van der Waals surface area contributed by atoms with Gasteiger partial charge in [0.2, 0.25) is 0 Å². The SMILES string of the molecule is O=C(c1ccc2ccccn12)N1CCCC1c1nc2ccccc2s1. The molecule has 1 unspecified atom stereocenters. The standard InChI is InChI=1S/C20H17N3OS/c24-20(17-11-10-14-6-3-4-12-22(14)17)23-13-5-8-16(23)19-21-15-7-1-2-9-18(15)25-19/h1-4,6-7,9-12,16H,5,8,13H2. The maximum Gasteiger partial charge on any atom is 0.271 e. The second kappa shape index (κ2) is 5.70. The van der Waals surface area contributed by atoms with Crippen LogP contribution in [-0.2, 0) is 0 Å². The van der Waals surface area contributed by atoms with E-state index in [1.54, 1.807) is 11.3 Å². The molecular formula is C20H17N3OS. The first-order valence-electron chi connectivity index (χ1n) is 8.54. The summed E-state index contributed by atoms with van der Waals surface area (Å²) in [7, 11) is 0. The lowest BCUT2D eigenvalue weighted by Crippen LogP contribution is -2.31. The molecule has 1 amide bonds. The largest absolute Gasteiger partial charge is 0.328 e. The van der Waals surface area contributed by atoms with Crippen LogP contribution in [-0.4, -0.2) is 26.7 Å². The predicted octanol–water partition coefficient (Wildman–Crippen LogP) is 4.53. The van der Waals surface area contributed by atoms with Crippen LogP contribution in [0.3, 0.4) is 0 Å². The second-order valence-electron chi connectivity index (χ2n) is 6.39. The third-order valence-corrected chi connectivity index (χ3v) is 6.03. The number of fused-ring (bicyclic) bond motifs is 2. The molecule has 5 rings (SSSR count). The first kappa shape index (κ1) is 14.7. The summed E-state index contributed by atoms with van der Waals surface area (Å²) >= 11 is 1.70. The Morgan fingerprint density at radius 2 is 1.96 bits per heavy atom. The second-order valence-corrected chi connectivity index (χ2v) is 7.45. The van der Waals surface area contributed by atoms with Crippen molar-refractivity contribution in [3.63, 3.8) is 0 Å². The Kier molecular flexibility index (Phi) is 3.35. The van der Waals surface area contributed by atoms with Crippen molar-refractivity contribution in [1.82, 2.24) is 14.3 Å². The minimum atomic E-state index is 0.0826. The lowest BCUT2D eigenvalue weighted by atomic mass is 10.2. The number of likely N-dealkylation sites (tertiary alicyclic amines) is 1. The molecule has 5 heteroatoms. The summed E-state index contributed by atoms with van der Waals surface area (Å²) in [6, 6.07) is 18.1. The van der Waals surface area contributed by atoms with E-state index in [1.165, 1.54) is 4.70 Å². The van der Waals surface area contributed by atoms with Crippen molar-refractivity contribution in [1.29, 1.82) is 0 Å². The van der Waals surface area contributed by atoms with E-state index in [9.17, 15) is 4.79 Å². The molecule has 1 atom stereocenters. The number of hydrogen-bond acceptors (Lipinski definition) is 3. The van der Waals surface area contributed by atoms with Crippen LogP contribution in [0.4, 0.5) is 0 Å². The average molecular weight is 347 g/mol. The van der Waals surface area contributed by atoms with Gasteiger partial charge in [0.1, 0.15) is 10.7 Å². The van der Waals surface area contributed by atoms with Crippen molar-refractivity contribution < 1.29 is 4.79 Å². The molecule has 1 aromatic carbocycles. The monoisotopic (exact) mass is 347 g/mol. The van der Waals surface area contributed by atoms with Crippen molar-refractivity contribution in [3.05, 3.63) is 71.5 Å². The third-order valence-electron chi connectivity index (χ3n) is 4.89. The number of carbonyl (C=O) groups is 1. The molecule has 1 fully saturated rings. The van der Waals surface area contributed by atoms with E-state index in [1.807, 2.05) is 64.0 Å². The molecule has 1 aliphatic heterocycles. The van der Waals surface area contributed by atoms with Gasteiger partial charge in [-0.15, -0.1) is 11.3 Å².